The Morgan fingerprint density at radius 3 is 2.70 bits per heavy atom. The van der Waals surface area contributed by atoms with Gasteiger partial charge < -0.3 is 4.74 Å². The zero-order chi connectivity index (χ0) is 16.0. The van der Waals surface area contributed by atoms with Gasteiger partial charge in [-0.05, 0) is 57.5 Å². The van der Waals surface area contributed by atoms with Gasteiger partial charge >= 0.3 is 0 Å². The fraction of sp³-hybridized carbons (Fsp3) is 0.190. The first-order chi connectivity index (χ1) is 11.1. The van der Waals surface area contributed by atoms with E-state index >= 15 is 0 Å². The fourth-order valence-electron chi connectivity index (χ4n) is 3.57. The molecule has 2 aromatic rings. The summed E-state index contributed by atoms with van der Waals surface area (Å²) in [5.74, 6) is 0. The Bertz CT molecular complexity index is 911. The van der Waals surface area contributed by atoms with Crippen LogP contribution >= 0.6 is 0 Å². The minimum absolute atomic E-state index is 0.0890. The Labute approximate surface area is 135 Å². The van der Waals surface area contributed by atoms with Gasteiger partial charge in [-0.1, -0.05) is 38.1 Å². The number of carbonyl (C=O) groups is 1. The summed E-state index contributed by atoms with van der Waals surface area (Å²) in [6, 6.07) is 12.3. The number of aldehydes is 1. The van der Waals surface area contributed by atoms with E-state index in [1.54, 1.807) is 6.26 Å². The smallest absolute Gasteiger partial charge is 0.150 e. The summed E-state index contributed by atoms with van der Waals surface area (Å²) in [5, 5.41) is 2.26. The summed E-state index contributed by atoms with van der Waals surface area (Å²) in [6.07, 6.45) is 7.58. The zero-order valence-corrected chi connectivity index (χ0v) is 13.3. The third-order valence-corrected chi connectivity index (χ3v) is 4.81. The van der Waals surface area contributed by atoms with Gasteiger partial charge in [0.2, 0.25) is 0 Å². The number of fused-ring (bicyclic) bond motifs is 2. The largest absolute Gasteiger partial charge is 0.472 e. The van der Waals surface area contributed by atoms with Crippen molar-refractivity contribution in [3.8, 4) is 0 Å². The summed E-state index contributed by atoms with van der Waals surface area (Å²) in [6.45, 7) is 4.51. The van der Waals surface area contributed by atoms with Crippen LogP contribution in [0.5, 0.6) is 0 Å². The van der Waals surface area contributed by atoms with Crippen LogP contribution in [-0.2, 0) is 4.74 Å². The maximum Gasteiger partial charge on any atom is 0.150 e. The van der Waals surface area contributed by atoms with E-state index in [0.29, 0.717) is 5.56 Å². The molecule has 0 saturated heterocycles. The number of hydrogen-bond donors (Lipinski definition) is 0. The summed E-state index contributed by atoms with van der Waals surface area (Å²) in [7, 11) is 0. The highest BCUT2D eigenvalue weighted by atomic mass is 16.5. The van der Waals surface area contributed by atoms with Crippen LogP contribution in [0.25, 0.3) is 16.3 Å². The van der Waals surface area contributed by atoms with Crippen molar-refractivity contribution in [2.24, 2.45) is 5.41 Å². The van der Waals surface area contributed by atoms with Crippen molar-refractivity contribution in [2.45, 2.75) is 20.3 Å². The number of hydrogen-bond acceptors (Lipinski definition) is 2. The first kappa shape index (κ1) is 14.0. The molecule has 2 aliphatic rings. The lowest BCUT2D eigenvalue weighted by Crippen LogP contribution is -2.10. The van der Waals surface area contributed by atoms with Gasteiger partial charge in [-0.2, -0.15) is 0 Å². The molecule has 0 amide bonds. The minimum Gasteiger partial charge on any atom is -0.472 e. The van der Waals surface area contributed by atoms with E-state index in [9.17, 15) is 4.79 Å². The van der Waals surface area contributed by atoms with Gasteiger partial charge in [0.05, 0.1) is 12.5 Å². The van der Waals surface area contributed by atoms with E-state index in [0.717, 1.165) is 23.5 Å². The zero-order valence-electron chi connectivity index (χ0n) is 13.3. The molecule has 0 saturated carbocycles. The first-order valence-corrected chi connectivity index (χ1v) is 7.84. The van der Waals surface area contributed by atoms with Crippen LogP contribution in [0.4, 0.5) is 0 Å². The molecule has 0 atom stereocenters. The topological polar surface area (TPSA) is 26.3 Å². The highest BCUT2D eigenvalue weighted by Crippen LogP contribution is 2.51. The van der Waals surface area contributed by atoms with Gasteiger partial charge in [-0.15, -0.1) is 0 Å². The maximum absolute atomic E-state index is 10.9. The lowest BCUT2D eigenvalue weighted by atomic mass is 9.84. The van der Waals surface area contributed by atoms with E-state index in [1.165, 1.54) is 22.3 Å². The molecule has 23 heavy (non-hydrogen) atoms. The fourth-order valence-corrected chi connectivity index (χ4v) is 3.57. The van der Waals surface area contributed by atoms with Gasteiger partial charge in [-0.3, -0.25) is 4.79 Å². The van der Waals surface area contributed by atoms with Crippen LogP contribution in [-0.4, -0.2) is 6.29 Å². The third kappa shape index (κ3) is 2.22. The molecule has 0 radical (unpaired) electrons. The van der Waals surface area contributed by atoms with Crippen LogP contribution in [0.15, 0.2) is 66.1 Å². The molecule has 0 bridgehead atoms. The van der Waals surface area contributed by atoms with E-state index < -0.39 is 0 Å². The van der Waals surface area contributed by atoms with Crippen LogP contribution in [0.2, 0.25) is 0 Å². The summed E-state index contributed by atoms with van der Waals surface area (Å²) in [4.78, 5) is 10.9. The molecule has 114 valence electrons. The van der Waals surface area contributed by atoms with Gasteiger partial charge in [-0.25, -0.2) is 0 Å². The van der Waals surface area contributed by atoms with Crippen molar-refractivity contribution in [1.82, 2.24) is 0 Å². The predicted octanol–water partition coefficient (Wildman–Crippen LogP) is 5.26. The van der Waals surface area contributed by atoms with Gasteiger partial charge in [0.1, 0.15) is 6.29 Å². The van der Waals surface area contributed by atoms with E-state index in [4.69, 9.17) is 4.74 Å². The van der Waals surface area contributed by atoms with E-state index in [1.807, 2.05) is 24.5 Å². The molecule has 1 aliphatic carbocycles. The van der Waals surface area contributed by atoms with Gasteiger partial charge in [0, 0.05) is 11.1 Å². The molecule has 1 aliphatic heterocycles. The number of carbonyl (C=O) groups excluding carboxylic acids is 1. The van der Waals surface area contributed by atoms with Crippen LogP contribution in [0.3, 0.4) is 0 Å². The van der Waals surface area contributed by atoms with Crippen molar-refractivity contribution in [3.63, 3.8) is 0 Å². The monoisotopic (exact) mass is 302 g/mol. The molecule has 0 spiro atoms. The maximum atomic E-state index is 10.9. The Balaban J connectivity index is 1.86. The standard InChI is InChI=1S/C21H18O2/c1-21(2)11-19(18-7-8-23-13-20(18)21)17-6-5-15-9-14(12-22)3-4-16(15)10-17/h3-10,12-13H,11H2,1-2H3. The Morgan fingerprint density at radius 1 is 1.09 bits per heavy atom. The SMILES string of the molecule is CC1(C)CC(c2ccc3cc(C=O)ccc3c2)=C2C=COC=C21. The summed E-state index contributed by atoms with van der Waals surface area (Å²) >= 11 is 0. The first-order valence-electron chi connectivity index (χ1n) is 7.84. The van der Waals surface area contributed by atoms with E-state index in [-0.39, 0.29) is 5.41 Å². The molecule has 0 aromatic heterocycles. The molecule has 2 nitrogen and oxygen atoms in total. The summed E-state index contributed by atoms with van der Waals surface area (Å²) in [5.41, 5.74) is 5.96. The van der Waals surface area contributed by atoms with E-state index in [2.05, 4.69) is 38.1 Å². The minimum atomic E-state index is 0.0890. The quantitative estimate of drug-likeness (QED) is 0.707. The number of allylic oxidation sites excluding steroid dienone is 4. The van der Waals surface area contributed by atoms with Crippen molar-refractivity contribution in [3.05, 3.63) is 77.3 Å². The number of benzene rings is 2. The highest BCUT2D eigenvalue weighted by Gasteiger charge is 2.36. The normalized spacial score (nSPS) is 18.6. The molecule has 1 heterocycles. The second-order valence-electron chi connectivity index (χ2n) is 6.86. The van der Waals surface area contributed by atoms with Gasteiger partial charge in [0.25, 0.3) is 0 Å². The van der Waals surface area contributed by atoms with Crippen molar-refractivity contribution in [1.29, 1.82) is 0 Å². The Hall–Kier alpha value is -2.61. The second kappa shape index (κ2) is 4.95. The third-order valence-electron chi connectivity index (χ3n) is 4.81. The number of rotatable bonds is 2. The molecule has 4 rings (SSSR count). The molecule has 0 N–H and O–H groups in total. The van der Waals surface area contributed by atoms with Crippen LogP contribution in [0.1, 0.15) is 36.2 Å². The molecule has 2 heteroatoms. The molecular weight excluding hydrogens is 284 g/mol. The molecule has 2 aromatic carbocycles. The molecule has 0 unspecified atom stereocenters. The highest BCUT2D eigenvalue weighted by molar-refractivity contribution is 5.92. The lowest BCUT2D eigenvalue weighted by Gasteiger charge is -2.22. The summed E-state index contributed by atoms with van der Waals surface area (Å²) < 4.78 is 5.39. The average Bonchev–Trinajstić information content (AvgIpc) is 2.86. The number of ether oxygens (including phenoxy) is 1. The van der Waals surface area contributed by atoms with Crippen LogP contribution < -0.4 is 0 Å². The van der Waals surface area contributed by atoms with Gasteiger partial charge in [0.15, 0.2) is 0 Å². The van der Waals surface area contributed by atoms with Crippen molar-refractivity contribution in [2.75, 3.05) is 0 Å². The van der Waals surface area contributed by atoms with Crippen molar-refractivity contribution < 1.29 is 9.53 Å². The molecule has 0 fully saturated rings. The predicted molar refractivity (Wildman–Crippen MR) is 93.0 cm³/mol. The van der Waals surface area contributed by atoms with Crippen LogP contribution in [0, 0.1) is 5.41 Å². The average molecular weight is 302 g/mol. The molecular formula is C21H18O2. The Kier molecular flexibility index (Phi) is 3.02. The lowest BCUT2D eigenvalue weighted by molar-refractivity contribution is 0.112. The Morgan fingerprint density at radius 2 is 1.87 bits per heavy atom. The van der Waals surface area contributed by atoms with Crippen molar-refractivity contribution >= 4 is 22.6 Å². The second-order valence-corrected chi connectivity index (χ2v) is 6.86.